The van der Waals surface area contributed by atoms with Gasteiger partial charge < -0.3 is 15.3 Å². The molecule has 0 saturated heterocycles. The molecular formula is C15H31NO6. The third-order valence-corrected chi connectivity index (χ3v) is 3.30. The fourth-order valence-corrected chi connectivity index (χ4v) is 2.09. The Labute approximate surface area is 132 Å². The van der Waals surface area contributed by atoms with Gasteiger partial charge in [0.05, 0.1) is 38.9 Å². The van der Waals surface area contributed by atoms with E-state index in [-0.39, 0.29) is 32.3 Å². The van der Waals surface area contributed by atoms with Crippen molar-refractivity contribution in [2.45, 2.75) is 51.9 Å². The van der Waals surface area contributed by atoms with Crippen LogP contribution in [0.2, 0.25) is 0 Å². The van der Waals surface area contributed by atoms with Crippen LogP contribution in [0.4, 0.5) is 0 Å². The van der Waals surface area contributed by atoms with E-state index in [9.17, 15) is 4.79 Å². The first-order valence-electron chi connectivity index (χ1n) is 8.13. The van der Waals surface area contributed by atoms with Crippen LogP contribution in [0.25, 0.3) is 0 Å². The van der Waals surface area contributed by atoms with E-state index in [1.165, 1.54) is 11.6 Å². The smallest absolute Gasteiger partial charge is 0.306 e. The van der Waals surface area contributed by atoms with Gasteiger partial charge in [0.2, 0.25) is 0 Å². The number of hydrogen-bond acceptors (Lipinski definition) is 6. The molecule has 0 amide bonds. The van der Waals surface area contributed by atoms with Crippen molar-refractivity contribution in [3.63, 3.8) is 0 Å². The lowest BCUT2D eigenvalue weighted by Crippen LogP contribution is -2.28. The molecule has 0 aliphatic heterocycles. The number of rotatable bonds is 10. The van der Waals surface area contributed by atoms with Gasteiger partial charge in [0.15, 0.2) is 0 Å². The minimum absolute atomic E-state index is 0.0289. The van der Waals surface area contributed by atoms with Crippen LogP contribution in [0.1, 0.15) is 51.9 Å². The van der Waals surface area contributed by atoms with Crippen molar-refractivity contribution in [2.75, 3.05) is 33.0 Å². The third kappa shape index (κ3) is 11.9. The van der Waals surface area contributed by atoms with Gasteiger partial charge in [-0.05, 0) is 19.3 Å². The van der Waals surface area contributed by atoms with Crippen LogP contribution in [0.5, 0.6) is 0 Å². The summed E-state index contributed by atoms with van der Waals surface area (Å²) in [7, 11) is 0. The van der Waals surface area contributed by atoms with Crippen LogP contribution < -0.4 is 0 Å². The monoisotopic (exact) mass is 321 g/mol. The molecule has 1 aliphatic rings. The fourth-order valence-electron chi connectivity index (χ4n) is 2.09. The molecule has 7 heteroatoms. The summed E-state index contributed by atoms with van der Waals surface area (Å²) in [4.78, 5) is 20.4. The van der Waals surface area contributed by atoms with Gasteiger partial charge in [0.1, 0.15) is 0 Å². The molecule has 0 heterocycles. The summed E-state index contributed by atoms with van der Waals surface area (Å²) in [6, 6.07) is 0. The molecule has 1 rings (SSSR count). The predicted octanol–water partition coefficient (Wildman–Crippen LogP) is 1.59. The lowest BCUT2D eigenvalue weighted by molar-refractivity contribution is -0.371. The Morgan fingerprint density at radius 3 is 2.00 bits per heavy atom. The summed E-state index contributed by atoms with van der Waals surface area (Å²) in [6.45, 7) is 3.08. The molecule has 22 heavy (non-hydrogen) atoms. The Morgan fingerprint density at radius 1 is 1.09 bits per heavy atom. The number of hydroxylamine groups is 2. The van der Waals surface area contributed by atoms with Gasteiger partial charge in [0.25, 0.3) is 0 Å². The first-order valence-corrected chi connectivity index (χ1v) is 8.13. The molecule has 1 fully saturated rings. The van der Waals surface area contributed by atoms with E-state index in [2.05, 4.69) is 6.92 Å². The van der Waals surface area contributed by atoms with E-state index in [1.807, 2.05) is 0 Å². The standard InChI is InChI=1S/C8H19NO4.C7H12O2/c1-2-3-4-9(12-7-5-10)13-8-6-11;8-7(9)6-4-2-1-3-5-6/h10-11H,2-8H2,1H3;6H,1-5H2,(H,8,9). The van der Waals surface area contributed by atoms with Crippen LogP contribution >= 0.6 is 0 Å². The molecule has 0 radical (unpaired) electrons. The Morgan fingerprint density at radius 2 is 1.64 bits per heavy atom. The summed E-state index contributed by atoms with van der Waals surface area (Å²) >= 11 is 0. The van der Waals surface area contributed by atoms with E-state index in [1.54, 1.807) is 0 Å². The highest BCUT2D eigenvalue weighted by Gasteiger charge is 2.19. The van der Waals surface area contributed by atoms with Crippen LogP contribution in [-0.2, 0) is 14.5 Å². The molecule has 0 aromatic rings. The number of aliphatic carboxylic acids is 1. The van der Waals surface area contributed by atoms with Crippen molar-refractivity contribution >= 4 is 5.97 Å². The molecule has 132 valence electrons. The summed E-state index contributed by atoms with van der Waals surface area (Å²) in [6.07, 6.45) is 7.24. The Kier molecular flexibility index (Phi) is 14.7. The molecule has 0 atom stereocenters. The minimum Gasteiger partial charge on any atom is -0.481 e. The number of aliphatic hydroxyl groups excluding tert-OH is 2. The maximum absolute atomic E-state index is 10.4. The second-order valence-corrected chi connectivity index (χ2v) is 5.20. The fraction of sp³-hybridized carbons (Fsp3) is 0.933. The van der Waals surface area contributed by atoms with Gasteiger partial charge in [-0.15, -0.1) is 0 Å². The molecule has 1 aliphatic carbocycles. The lowest BCUT2D eigenvalue weighted by atomic mass is 9.90. The number of nitrogens with zero attached hydrogens (tertiary/aromatic N) is 1. The van der Waals surface area contributed by atoms with Crippen molar-refractivity contribution in [3.05, 3.63) is 0 Å². The summed E-state index contributed by atoms with van der Waals surface area (Å²) < 4.78 is 0. The highest BCUT2D eigenvalue weighted by Crippen LogP contribution is 2.23. The largest absolute Gasteiger partial charge is 0.481 e. The van der Waals surface area contributed by atoms with Gasteiger partial charge in [0, 0.05) is 0 Å². The van der Waals surface area contributed by atoms with Crippen molar-refractivity contribution < 1.29 is 29.8 Å². The van der Waals surface area contributed by atoms with E-state index in [0.29, 0.717) is 6.54 Å². The summed E-state index contributed by atoms with van der Waals surface area (Å²) in [5.41, 5.74) is 0. The van der Waals surface area contributed by atoms with E-state index < -0.39 is 5.97 Å². The molecule has 1 saturated carbocycles. The van der Waals surface area contributed by atoms with Crippen LogP contribution in [0.15, 0.2) is 0 Å². The lowest BCUT2D eigenvalue weighted by Gasteiger charge is -2.19. The van der Waals surface area contributed by atoms with Crippen molar-refractivity contribution in [1.82, 2.24) is 5.23 Å². The number of aliphatic hydroxyl groups is 2. The Hall–Kier alpha value is -0.730. The summed E-state index contributed by atoms with van der Waals surface area (Å²) in [5.74, 6) is -0.631. The van der Waals surface area contributed by atoms with E-state index in [0.717, 1.165) is 38.5 Å². The number of hydrogen-bond donors (Lipinski definition) is 3. The molecule has 0 spiro atoms. The molecule has 0 bridgehead atoms. The zero-order chi connectivity index (χ0) is 16.6. The van der Waals surface area contributed by atoms with Crippen LogP contribution in [-0.4, -0.2) is 59.5 Å². The minimum atomic E-state index is -0.602. The first kappa shape index (κ1) is 21.3. The van der Waals surface area contributed by atoms with Gasteiger partial charge in [-0.3, -0.25) is 14.5 Å². The highest BCUT2D eigenvalue weighted by molar-refractivity contribution is 5.69. The molecule has 7 nitrogen and oxygen atoms in total. The molecule has 3 N–H and O–H groups in total. The number of unbranched alkanes of at least 4 members (excludes halogenated alkanes) is 1. The SMILES string of the molecule is CCCCN(OCCO)OCCO.O=C(O)C1CCCCC1. The molecule has 0 aromatic carbocycles. The van der Waals surface area contributed by atoms with Gasteiger partial charge >= 0.3 is 5.97 Å². The van der Waals surface area contributed by atoms with Crippen molar-refractivity contribution in [1.29, 1.82) is 0 Å². The maximum atomic E-state index is 10.4. The normalized spacial score (nSPS) is 15.5. The number of carboxylic acids is 1. The summed E-state index contributed by atoms with van der Waals surface area (Å²) in [5, 5.41) is 26.9. The third-order valence-electron chi connectivity index (χ3n) is 3.30. The average molecular weight is 321 g/mol. The quantitative estimate of drug-likeness (QED) is 0.525. The van der Waals surface area contributed by atoms with Crippen molar-refractivity contribution in [3.8, 4) is 0 Å². The van der Waals surface area contributed by atoms with Gasteiger partial charge in [-0.1, -0.05) is 37.8 Å². The predicted molar refractivity (Wildman–Crippen MR) is 81.9 cm³/mol. The zero-order valence-corrected chi connectivity index (χ0v) is 13.6. The first-order chi connectivity index (χ1) is 10.7. The van der Waals surface area contributed by atoms with Crippen LogP contribution in [0.3, 0.4) is 0 Å². The van der Waals surface area contributed by atoms with Crippen molar-refractivity contribution in [2.24, 2.45) is 5.92 Å². The second kappa shape index (κ2) is 15.2. The number of carboxylic acid groups (broad SMARTS) is 1. The topological polar surface area (TPSA) is 99.5 Å². The van der Waals surface area contributed by atoms with E-state index in [4.69, 9.17) is 25.0 Å². The second-order valence-electron chi connectivity index (χ2n) is 5.20. The van der Waals surface area contributed by atoms with Gasteiger partial charge in [-0.25, -0.2) is 0 Å². The molecule has 0 unspecified atom stereocenters. The zero-order valence-electron chi connectivity index (χ0n) is 13.6. The Balaban J connectivity index is 0.000000425. The Bertz CT molecular complexity index is 239. The average Bonchev–Trinajstić information content (AvgIpc) is 2.55. The van der Waals surface area contributed by atoms with Crippen LogP contribution in [0, 0.1) is 5.92 Å². The van der Waals surface area contributed by atoms with Gasteiger partial charge in [-0.2, -0.15) is 0 Å². The molecule has 0 aromatic heterocycles. The highest BCUT2D eigenvalue weighted by atomic mass is 16.9. The molecular weight excluding hydrogens is 290 g/mol. The van der Waals surface area contributed by atoms with E-state index >= 15 is 0 Å². The number of carbonyl (C=O) groups is 1. The maximum Gasteiger partial charge on any atom is 0.306 e.